The van der Waals surface area contributed by atoms with E-state index in [2.05, 4.69) is 46.9 Å². The molecule has 1 aromatic rings. The number of piperazine rings is 1. The second-order valence-corrected chi connectivity index (χ2v) is 7.14. The quantitative estimate of drug-likeness (QED) is 0.850. The van der Waals surface area contributed by atoms with Gasteiger partial charge in [-0.3, -0.25) is 4.90 Å². The largest absolute Gasteiger partial charge is 0.311 e. The predicted octanol–water partition coefficient (Wildman–Crippen LogP) is 4.19. The molecule has 0 spiro atoms. The summed E-state index contributed by atoms with van der Waals surface area (Å²) in [4.78, 5) is 2.52. The molecule has 2 unspecified atom stereocenters. The first-order valence-electron chi connectivity index (χ1n) is 7.93. The topological polar surface area (TPSA) is 15.3 Å². The Labute approximate surface area is 136 Å². The van der Waals surface area contributed by atoms with Gasteiger partial charge in [0.05, 0.1) is 4.47 Å². The van der Waals surface area contributed by atoms with Gasteiger partial charge in [0.15, 0.2) is 0 Å². The Morgan fingerprint density at radius 2 is 2.19 bits per heavy atom. The standard InChI is InChI=1S/C17H26BrFN2/c1-4-6-14-9-20-16(12(2)3)11-21(14)10-13-7-5-8-15(19)17(13)18/h5,7-8,12,14,16,20H,4,6,9-11H2,1-3H3. The van der Waals surface area contributed by atoms with E-state index in [1.54, 1.807) is 6.07 Å². The molecule has 0 radical (unpaired) electrons. The number of halogens is 2. The third-order valence-electron chi connectivity index (χ3n) is 4.39. The van der Waals surface area contributed by atoms with E-state index in [-0.39, 0.29) is 5.82 Å². The third-order valence-corrected chi connectivity index (χ3v) is 5.28. The number of nitrogens with zero attached hydrogens (tertiary/aromatic N) is 1. The molecule has 0 aliphatic carbocycles. The van der Waals surface area contributed by atoms with Crippen LogP contribution in [0.15, 0.2) is 22.7 Å². The molecule has 0 saturated carbocycles. The van der Waals surface area contributed by atoms with Crippen molar-refractivity contribution in [1.82, 2.24) is 10.2 Å². The minimum Gasteiger partial charge on any atom is -0.311 e. The first-order chi connectivity index (χ1) is 10.0. The van der Waals surface area contributed by atoms with Crippen LogP contribution < -0.4 is 5.32 Å². The Morgan fingerprint density at radius 3 is 2.86 bits per heavy atom. The summed E-state index contributed by atoms with van der Waals surface area (Å²) in [5, 5.41) is 3.67. The Bertz CT molecular complexity index is 464. The Morgan fingerprint density at radius 1 is 1.43 bits per heavy atom. The zero-order chi connectivity index (χ0) is 15.4. The van der Waals surface area contributed by atoms with Crippen molar-refractivity contribution in [3.05, 3.63) is 34.1 Å². The molecule has 21 heavy (non-hydrogen) atoms. The van der Waals surface area contributed by atoms with Crippen LogP contribution in [0.2, 0.25) is 0 Å². The van der Waals surface area contributed by atoms with E-state index in [1.807, 2.05) is 6.07 Å². The van der Waals surface area contributed by atoms with Crippen molar-refractivity contribution in [2.75, 3.05) is 13.1 Å². The fourth-order valence-corrected chi connectivity index (χ4v) is 3.42. The van der Waals surface area contributed by atoms with Gasteiger partial charge in [-0.1, -0.05) is 39.3 Å². The van der Waals surface area contributed by atoms with Gasteiger partial charge in [0, 0.05) is 31.7 Å². The van der Waals surface area contributed by atoms with E-state index < -0.39 is 0 Å². The third kappa shape index (κ3) is 4.27. The highest BCUT2D eigenvalue weighted by Gasteiger charge is 2.29. The zero-order valence-electron chi connectivity index (χ0n) is 13.2. The summed E-state index contributed by atoms with van der Waals surface area (Å²) in [5.74, 6) is 0.445. The summed E-state index contributed by atoms with van der Waals surface area (Å²) >= 11 is 3.39. The van der Waals surface area contributed by atoms with E-state index in [9.17, 15) is 4.39 Å². The molecule has 1 aliphatic heterocycles. The van der Waals surface area contributed by atoms with Crippen molar-refractivity contribution in [2.24, 2.45) is 5.92 Å². The molecular formula is C17H26BrFN2. The van der Waals surface area contributed by atoms with Crippen molar-refractivity contribution < 1.29 is 4.39 Å². The van der Waals surface area contributed by atoms with E-state index in [0.717, 1.165) is 25.2 Å². The van der Waals surface area contributed by atoms with Crippen molar-refractivity contribution in [1.29, 1.82) is 0 Å². The van der Waals surface area contributed by atoms with Gasteiger partial charge < -0.3 is 5.32 Å². The van der Waals surface area contributed by atoms with Crippen LogP contribution in [0.1, 0.15) is 39.2 Å². The molecule has 0 aromatic heterocycles. The number of nitrogens with one attached hydrogen (secondary N) is 1. The monoisotopic (exact) mass is 356 g/mol. The molecule has 2 nitrogen and oxygen atoms in total. The van der Waals surface area contributed by atoms with Crippen LogP contribution in [0.3, 0.4) is 0 Å². The lowest BCUT2D eigenvalue weighted by Gasteiger charge is -2.42. The number of hydrogen-bond acceptors (Lipinski definition) is 2. The lowest BCUT2D eigenvalue weighted by molar-refractivity contribution is 0.0994. The molecule has 4 heteroatoms. The highest BCUT2D eigenvalue weighted by Crippen LogP contribution is 2.25. The summed E-state index contributed by atoms with van der Waals surface area (Å²) in [6.07, 6.45) is 2.37. The Balaban J connectivity index is 2.13. The molecule has 1 fully saturated rings. The minimum absolute atomic E-state index is 0.171. The van der Waals surface area contributed by atoms with Gasteiger partial charge in [-0.2, -0.15) is 0 Å². The summed E-state index contributed by atoms with van der Waals surface area (Å²) in [7, 11) is 0. The van der Waals surface area contributed by atoms with Crippen LogP contribution in [-0.2, 0) is 6.54 Å². The lowest BCUT2D eigenvalue weighted by Crippen LogP contribution is -2.57. The van der Waals surface area contributed by atoms with E-state index >= 15 is 0 Å². The smallest absolute Gasteiger partial charge is 0.137 e. The second kappa shape index (κ2) is 7.70. The maximum absolute atomic E-state index is 13.7. The average molecular weight is 357 g/mol. The molecule has 1 saturated heterocycles. The van der Waals surface area contributed by atoms with Crippen LogP contribution in [0, 0.1) is 11.7 Å². The Hall–Kier alpha value is -0.450. The number of hydrogen-bond donors (Lipinski definition) is 1. The fourth-order valence-electron chi connectivity index (χ4n) is 3.03. The molecule has 0 amide bonds. The van der Waals surface area contributed by atoms with Gasteiger partial charge in [-0.25, -0.2) is 4.39 Å². The van der Waals surface area contributed by atoms with Crippen molar-refractivity contribution in [2.45, 2.75) is 52.2 Å². The van der Waals surface area contributed by atoms with Gasteiger partial charge in [0.25, 0.3) is 0 Å². The highest BCUT2D eigenvalue weighted by atomic mass is 79.9. The van der Waals surface area contributed by atoms with E-state index in [4.69, 9.17) is 0 Å². The van der Waals surface area contributed by atoms with Crippen molar-refractivity contribution >= 4 is 15.9 Å². The molecule has 1 N–H and O–H groups in total. The fraction of sp³-hybridized carbons (Fsp3) is 0.647. The van der Waals surface area contributed by atoms with Crippen molar-refractivity contribution in [3.63, 3.8) is 0 Å². The second-order valence-electron chi connectivity index (χ2n) is 6.34. The van der Waals surface area contributed by atoms with Gasteiger partial charge in [-0.05, 0) is 39.9 Å². The number of benzene rings is 1. The first kappa shape index (κ1) is 16.9. The lowest BCUT2D eigenvalue weighted by atomic mass is 9.97. The van der Waals surface area contributed by atoms with Gasteiger partial charge in [-0.15, -0.1) is 0 Å². The first-order valence-corrected chi connectivity index (χ1v) is 8.72. The number of rotatable bonds is 5. The van der Waals surface area contributed by atoms with Gasteiger partial charge in [0.2, 0.25) is 0 Å². The maximum Gasteiger partial charge on any atom is 0.137 e. The highest BCUT2D eigenvalue weighted by molar-refractivity contribution is 9.10. The molecule has 118 valence electrons. The molecule has 0 bridgehead atoms. The molecule has 2 atom stereocenters. The Kier molecular flexibility index (Phi) is 6.20. The summed E-state index contributed by atoms with van der Waals surface area (Å²) in [5.41, 5.74) is 1.04. The normalized spacial score (nSPS) is 23.7. The van der Waals surface area contributed by atoms with Gasteiger partial charge >= 0.3 is 0 Å². The molecular weight excluding hydrogens is 331 g/mol. The minimum atomic E-state index is -0.171. The molecule has 1 aliphatic rings. The van der Waals surface area contributed by atoms with Gasteiger partial charge in [0.1, 0.15) is 5.82 Å². The summed E-state index contributed by atoms with van der Waals surface area (Å²) in [6.45, 7) is 9.62. The molecule has 2 rings (SSSR count). The van der Waals surface area contributed by atoms with E-state index in [0.29, 0.717) is 22.5 Å². The maximum atomic E-state index is 13.7. The van der Waals surface area contributed by atoms with E-state index in [1.165, 1.54) is 18.9 Å². The summed E-state index contributed by atoms with van der Waals surface area (Å²) < 4.78 is 14.3. The van der Waals surface area contributed by atoms with Crippen LogP contribution in [0.5, 0.6) is 0 Å². The van der Waals surface area contributed by atoms with Crippen molar-refractivity contribution in [3.8, 4) is 0 Å². The average Bonchev–Trinajstić information content (AvgIpc) is 2.45. The van der Waals surface area contributed by atoms with Crippen LogP contribution in [0.4, 0.5) is 4.39 Å². The summed E-state index contributed by atoms with van der Waals surface area (Å²) in [6, 6.07) is 6.38. The molecule has 1 aromatic carbocycles. The SMILES string of the molecule is CCCC1CNC(C(C)C)CN1Cc1cccc(F)c1Br. The zero-order valence-corrected chi connectivity index (χ0v) is 14.8. The predicted molar refractivity (Wildman–Crippen MR) is 89.8 cm³/mol. The molecule has 1 heterocycles. The van der Waals surface area contributed by atoms with Crippen LogP contribution >= 0.6 is 15.9 Å². The van der Waals surface area contributed by atoms with Crippen LogP contribution in [0.25, 0.3) is 0 Å². The van der Waals surface area contributed by atoms with Crippen LogP contribution in [-0.4, -0.2) is 30.1 Å².